The Hall–Kier alpha value is -2.14. The van der Waals surface area contributed by atoms with Crippen molar-refractivity contribution in [1.29, 1.82) is 0 Å². The van der Waals surface area contributed by atoms with Crippen LogP contribution in [0.25, 0.3) is 0 Å². The van der Waals surface area contributed by atoms with Gasteiger partial charge < -0.3 is 26.8 Å². The summed E-state index contributed by atoms with van der Waals surface area (Å²) in [4.78, 5) is 62.4. The Kier molecular flexibility index (Phi) is 10.6. The maximum atomic E-state index is 13.2. The number of carbonyl (C=O) groups excluding carboxylic acids is 4. The molecule has 0 aromatic rings. The fourth-order valence-corrected chi connectivity index (χ4v) is 3.95. The highest BCUT2D eigenvalue weighted by Gasteiger charge is 2.50. The predicted molar refractivity (Wildman–Crippen MR) is 122 cm³/mol. The molecule has 1 aliphatic rings. The van der Waals surface area contributed by atoms with Crippen molar-refractivity contribution < 1.29 is 29.1 Å². The van der Waals surface area contributed by atoms with Gasteiger partial charge in [-0.05, 0) is 36.7 Å². The second kappa shape index (κ2) is 12.2. The Morgan fingerprint density at radius 2 is 1.88 bits per heavy atom. The average molecular weight is 473 g/mol. The third-order valence-corrected chi connectivity index (χ3v) is 6.66. The van der Waals surface area contributed by atoms with Crippen molar-refractivity contribution in [1.82, 2.24) is 16.0 Å². The molecule has 3 amide bonds. The van der Waals surface area contributed by atoms with Crippen LogP contribution in [0, 0.1) is 11.8 Å². The first-order chi connectivity index (χ1) is 14.9. The van der Waals surface area contributed by atoms with Crippen molar-refractivity contribution >= 4 is 41.2 Å². The molecular weight excluding hydrogens is 436 g/mol. The van der Waals surface area contributed by atoms with Gasteiger partial charge in [0.15, 0.2) is 11.3 Å². The van der Waals surface area contributed by atoms with Gasteiger partial charge in [-0.3, -0.25) is 19.2 Å². The van der Waals surface area contributed by atoms with Gasteiger partial charge in [-0.1, -0.05) is 34.1 Å². The summed E-state index contributed by atoms with van der Waals surface area (Å²) < 4.78 is 0. The van der Waals surface area contributed by atoms with Gasteiger partial charge in [0.05, 0.1) is 6.04 Å². The van der Waals surface area contributed by atoms with Crippen LogP contribution in [-0.2, 0) is 24.0 Å². The summed E-state index contributed by atoms with van der Waals surface area (Å²) in [6, 6.07) is -3.03. The summed E-state index contributed by atoms with van der Waals surface area (Å²) in [5, 5.41) is 17.0. The first-order valence-electron chi connectivity index (χ1n) is 10.9. The number of carboxylic acid groups (broad SMARTS) is 1. The minimum atomic E-state index is -1.96. The molecule has 0 aliphatic carbocycles. The SMILES string of the molecule is CC[C@H](C)[C@H](NC(=O)[C@](N)(C(=O)[C@@H]1CCC(=O)N1)C(C)C)C(=O)N[C@@H](CCSC)C(=O)O. The summed E-state index contributed by atoms with van der Waals surface area (Å²) in [6.45, 7) is 6.82. The molecule has 0 aromatic carbocycles. The van der Waals surface area contributed by atoms with E-state index in [1.165, 1.54) is 11.8 Å². The standard InChI is InChI=1S/C21H36N4O6S/c1-6-12(4)16(18(28)24-14(19(29)30)9-10-32-5)25-20(31)21(22,11(2)3)17(27)13-7-8-15(26)23-13/h11-14,16H,6-10,22H2,1-5H3,(H,23,26)(H,24,28)(H,25,31)(H,29,30)/t12-,13-,14-,16-,21+/m0/s1. The number of ketones is 1. The van der Waals surface area contributed by atoms with Crippen molar-refractivity contribution in [3.63, 3.8) is 0 Å². The first-order valence-corrected chi connectivity index (χ1v) is 12.2. The van der Waals surface area contributed by atoms with Crippen LogP contribution in [0.2, 0.25) is 0 Å². The number of nitrogens with two attached hydrogens (primary N) is 1. The first kappa shape index (κ1) is 27.9. The molecule has 0 unspecified atom stereocenters. The normalized spacial score (nSPS) is 20.6. The average Bonchev–Trinajstić information content (AvgIpc) is 3.18. The molecule has 1 heterocycles. The van der Waals surface area contributed by atoms with E-state index in [0.29, 0.717) is 12.2 Å². The van der Waals surface area contributed by atoms with E-state index in [0.717, 1.165) is 0 Å². The van der Waals surface area contributed by atoms with Gasteiger partial charge in [-0.25, -0.2) is 4.79 Å². The molecule has 0 aromatic heterocycles. The van der Waals surface area contributed by atoms with E-state index in [-0.39, 0.29) is 31.1 Å². The van der Waals surface area contributed by atoms with E-state index in [9.17, 15) is 29.1 Å². The summed E-state index contributed by atoms with van der Waals surface area (Å²) in [5.41, 5.74) is 4.36. The number of Topliss-reactive ketones (excluding diaryl/α,β-unsaturated/α-hetero) is 1. The van der Waals surface area contributed by atoms with Gasteiger partial charge in [0.25, 0.3) is 0 Å². The molecular formula is C21H36N4O6S. The van der Waals surface area contributed by atoms with Crippen LogP contribution >= 0.6 is 11.8 Å². The lowest BCUT2D eigenvalue weighted by molar-refractivity contribution is -0.143. The number of rotatable bonds is 13. The second-order valence-corrected chi connectivity index (χ2v) is 9.55. The predicted octanol–water partition coefficient (Wildman–Crippen LogP) is 0.0410. The minimum absolute atomic E-state index is 0.177. The van der Waals surface area contributed by atoms with E-state index < -0.39 is 53.1 Å². The molecule has 1 aliphatic heterocycles. The Balaban J connectivity index is 3.10. The van der Waals surface area contributed by atoms with Crippen molar-refractivity contribution in [2.75, 3.05) is 12.0 Å². The lowest BCUT2D eigenvalue weighted by Crippen LogP contribution is -2.69. The highest BCUT2D eigenvalue weighted by Crippen LogP contribution is 2.22. The van der Waals surface area contributed by atoms with E-state index >= 15 is 0 Å². The van der Waals surface area contributed by atoms with Gasteiger partial charge in [0, 0.05) is 6.42 Å². The van der Waals surface area contributed by atoms with Gasteiger partial charge in [0.1, 0.15) is 12.1 Å². The summed E-state index contributed by atoms with van der Waals surface area (Å²) in [5.74, 6) is -3.93. The van der Waals surface area contributed by atoms with Gasteiger partial charge in [-0.15, -0.1) is 0 Å². The molecule has 32 heavy (non-hydrogen) atoms. The van der Waals surface area contributed by atoms with Gasteiger partial charge >= 0.3 is 5.97 Å². The number of thioether (sulfide) groups is 1. The molecule has 1 fully saturated rings. The Bertz CT molecular complexity index is 731. The number of hydrogen-bond acceptors (Lipinski definition) is 7. The van der Waals surface area contributed by atoms with Crippen LogP contribution in [0.3, 0.4) is 0 Å². The number of hydrogen-bond donors (Lipinski definition) is 5. The third kappa shape index (κ3) is 6.68. The maximum absolute atomic E-state index is 13.2. The zero-order valence-electron chi connectivity index (χ0n) is 19.4. The van der Waals surface area contributed by atoms with Crippen molar-refractivity contribution in [3.8, 4) is 0 Å². The molecule has 5 atom stereocenters. The van der Waals surface area contributed by atoms with E-state index in [1.54, 1.807) is 20.8 Å². The third-order valence-electron chi connectivity index (χ3n) is 6.01. The zero-order valence-corrected chi connectivity index (χ0v) is 20.2. The molecule has 182 valence electrons. The van der Waals surface area contributed by atoms with E-state index in [4.69, 9.17) is 5.73 Å². The number of amides is 3. The number of nitrogens with one attached hydrogen (secondary N) is 3. The summed E-state index contributed by atoms with van der Waals surface area (Å²) in [6.07, 6.45) is 3.01. The fraction of sp³-hybridized carbons (Fsp3) is 0.762. The van der Waals surface area contributed by atoms with E-state index in [2.05, 4.69) is 16.0 Å². The summed E-state index contributed by atoms with van der Waals surface area (Å²) >= 11 is 1.46. The minimum Gasteiger partial charge on any atom is -0.480 e. The highest BCUT2D eigenvalue weighted by molar-refractivity contribution is 7.98. The number of aliphatic carboxylic acids is 1. The van der Waals surface area contributed by atoms with Gasteiger partial charge in [0.2, 0.25) is 17.7 Å². The Morgan fingerprint density at radius 1 is 1.25 bits per heavy atom. The van der Waals surface area contributed by atoms with Gasteiger partial charge in [-0.2, -0.15) is 11.8 Å². The quantitative estimate of drug-likeness (QED) is 0.234. The monoisotopic (exact) mass is 472 g/mol. The smallest absolute Gasteiger partial charge is 0.326 e. The van der Waals surface area contributed by atoms with Crippen molar-refractivity contribution in [2.45, 2.75) is 77.0 Å². The van der Waals surface area contributed by atoms with E-state index in [1.807, 2.05) is 13.2 Å². The number of carbonyl (C=O) groups is 5. The molecule has 10 nitrogen and oxygen atoms in total. The molecule has 0 radical (unpaired) electrons. The topological polar surface area (TPSA) is 168 Å². The lowest BCUT2D eigenvalue weighted by atomic mass is 9.78. The van der Waals surface area contributed by atoms with Crippen LogP contribution in [0.15, 0.2) is 0 Å². The lowest BCUT2D eigenvalue weighted by Gasteiger charge is -2.35. The molecule has 0 spiro atoms. The Morgan fingerprint density at radius 3 is 2.31 bits per heavy atom. The van der Waals surface area contributed by atoms with Crippen molar-refractivity contribution in [3.05, 3.63) is 0 Å². The zero-order chi connectivity index (χ0) is 24.6. The summed E-state index contributed by atoms with van der Waals surface area (Å²) in [7, 11) is 0. The highest BCUT2D eigenvalue weighted by atomic mass is 32.2. The molecule has 1 rings (SSSR count). The second-order valence-electron chi connectivity index (χ2n) is 8.56. The number of carboxylic acids is 1. The van der Waals surface area contributed by atoms with Crippen LogP contribution < -0.4 is 21.7 Å². The van der Waals surface area contributed by atoms with Crippen molar-refractivity contribution in [2.24, 2.45) is 17.6 Å². The molecule has 6 N–H and O–H groups in total. The van der Waals surface area contributed by atoms with Crippen LogP contribution in [0.5, 0.6) is 0 Å². The molecule has 11 heteroatoms. The van der Waals surface area contributed by atoms with Crippen LogP contribution in [0.4, 0.5) is 0 Å². The molecule has 1 saturated heterocycles. The largest absolute Gasteiger partial charge is 0.480 e. The van der Waals surface area contributed by atoms with Crippen LogP contribution in [0.1, 0.15) is 53.4 Å². The van der Waals surface area contributed by atoms with Crippen LogP contribution in [-0.4, -0.2) is 70.3 Å². The Labute approximate surface area is 193 Å². The fourth-order valence-electron chi connectivity index (χ4n) is 3.47. The molecule has 0 saturated carbocycles. The maximum Gasteiger partial charge on any atom is 0.326 e. The molecule has 0 bridgehead atoms.